The maximum atomic E-state index is 13.8. The third kappa shape index (κ3) is 7.42. The van der Waals surface area contributed by atoms with Crippen molar-refractivity contribution < 1.29 is 28.5 Å². The fourth-order valence-corrected chi connectivity index (χ4v) is 4.63. The Morgan fingerprint density at radius 1 is 1.14 bits per heavy atom. The Morgan fingerprint density at radius 3 is 2.63 bits per heavy atom. The molecule has 1 amide bonds. The fourth-order valence-electron chi connectivity index (χ4n) is 4.63. The van der Waals surface area contributed by atoms with E-state index in [1.165, 1.54) is 12.1 Å². The first-order valence-corrected chi connectivity index (χ1v) is 12.3. The van der Waals surface area contributed by atoms with Gasteiger partial charge in [0.05, 0.1) is 5.60 Å². The first-order valence-electron chi connectivity index (χ1n) is 12.3. The molecule has 0 saturated carbocycles. The summed E-state index contributed by atoms with van der Waals surface area (Å²) >= 11 is 0. The molecule has 0 radical (unpaired) electrons. The predicted octanol–water partition coefficient (Wildman–Crippen LogP) is 6.27. The summed E-state index contributed by atoms with van der Waals surface area (Å²) in [5.41, 5.74) is -1.21. The molecule has 1 fully saturated rings. The first-order chi connectivity index (χ1) is 16.6. The fraction of sp³-hybridized carbons (Fsp3) is 0.536. The molecule has 35 heavy (non-hydrogen) atoms. The van der Waals surface area contributed by atoms with Gasteiger partial charge in [0, 0.05) is 44.4 Å². The lowest BCUT2D eigenvalue weighted by Gasteiger charge is -2.43. The van der Waals surface area contributed by atoms with Crippen molar-refractivity contribution >= 4 is 6.09 Å². The van der Waals surface area contributed by atoms with Crippen molar-refractivity contribution in [2.45, 2.75) is 64.1 Å². The van der Waals surface area contributed by atoms with Crippen LogP contribution in [-0.4, -0.2) is 48.5 Å². The predicted molar refractivity (Wildman–Crippen MR) is 133 cm³/mol. The van der Waals surface area contributed by atoms with Crippen LogP contribution in [0, 0.1) is 11.7 Å². The van der Waals surface area contributed by atoms with Crippen molar-refractivity contribution in [3.05, 3.63) is 59.9 Å². The number of carbonyl (C=O) groups is 1. The highest BCUT2D eigenvalue weighted by Crippen LogP contribution is 2.44. The quantitative estimate of drug-likeness (QED) is 0.422. The lowest BCUT2D eigenvalue weighted by atomic mass is 9.73. The Hall–Kier alpha value is -2.64. The molecule has 1 N–H and O–H groups in total. The topological polar surface area (TPSA) is 68.2 Å². The van der Waals surface area contributed by atoms with Crippen molar-refractivity contribution in [2.75, 3.05) is 26.8 Å². The van der Waals surface area contributed by atoms with Gasteiger partial charge in [0.2, 0.25) is 0 Å². The SMILES string of the molecule is COCCCCC(O)(c1ccccc1Oc1cccc(F)c1)[C@@H]1CCCN(C(=O)OC(C)(C)C)C1. The van der Waals surface area contributed by atoms with Crippen molar-refractivity contribution in [3.8, 4) is 11.5 Å². The average molecular weight is 488 g/mol. The standard InChI is InChI=1S/C28H38FNO5/c1-27(2,3)35-26(31)30-17-10-11-21(20-30)28(32,16-7-8-18-33-4)24-14-5-6-15-25(24)34-23-13-9-12-22(29)19-23/h5-6,9,12-15,19,21,32H,7-8,10-11,16-18,20H2,1-4H3/t21-,28?/m1/s1. The highest BCUT2D eigenvalue weighted by Gasteiger charge is 2.43. The van der Waals surface area contributed by atoms with Crippen LogP contribution in [0.15, 0.2) is 48.5 Å². The highest BCUT2D eigenvalue weighted by atomic mass is 19.1. The maximum Gasteiger partial charge on any atom is 0.410 e. The molecule has 3 rings (SSSR count). The van der Waals surface area contributed by atoms with E-state index in [1.54, 1.807) is 30.2 Å². The van der Waals surface area contributed by atoms with Crippen LogP contribution in [0.3, 0.4) is 0 Å². The van der Waals surface area contributed by atoms with Crippen LogP contribution in [0.25, 0.3) is 0 Å². The van der Waals surface area contributed by atoms with Crippen LogP contribution in [0.1, 0.15) is 58.4 Å². The van der Waals surface area contributed by atoms with Gasteiger partial charge in [-0.2, -0.15) is 0 Å². The Balaban J connectivity index is 1.91. The van der Waals surface area contributed by atoms with Crippen LogP contribution in [0.4, 0.5) is 9.18 Å². The zero-order valence-corrected chi connectivity index (χ0v) is 21.3. The van der Waals surface area contributed by atoms with Gasteiger partial charge >= 0.3 is 6.09 Å². The Bertz CT molecular complexity index is 976. The van der Waals surface area contributed by atoms with E-state index in [1.807, 2.05) is 39.0 Å². The summed E-state index contributed by atoms with van der Waals surface area (Å²) in [5.74, 6) is 0.221. The summed E-state index contributed by atoms with van der Waals surface area (Å²) in [4.78, 5) is 14.5. The number of rotatable bonds is 9. The van der Waals surface area contributed by atoms with Gasteiger partial charge in [-0.15, -0.1) is 0 Å². The average Bonchev–Trinajstić information content (AvgIpc) is 2.81. The van der Waals surface area contributed by atoms with E-state index in [4.69, 9.17) is 14.2 Å². The number of nitrogens with zero attached hydrogens (tertiary/aromatic N) is 1. The number of halogens is 1. The van der Waals surface area contributed by atoms with Crippen LogP contribution in [0.5, 0.6) is 11.5 Å². The number of benzene rings is 2. The molecule has 0 aliphatic carbocycles. The van der Waals surface area contributed by atoms with Crippen molar-refractivity contribution in [1.82, 2.24) is 4.90 Å². The molecule has 0 bridgehead atoms. The van der Waals surface area contributed by atoms with Gasteiger partial charge in [-0.3, -0.25) is 0 Å². The zero-order chi connectivity index (χ0) is 25.5. The van der Waals surface area contributed by atoms with E-state index in [0.29, 0.717) is 43.2 Å². The third-order valence-corrected chi connectivity index (χ3v) is 6.28. The second kappa shape index (κ2) is 11.9. The summed E-state index contributed by atoms with van der Waals surface area (Å²) in [7, 11) is 1.66. The first kappa shape index (κ1) is 27.0. The molecule has 2 aromatic rings. The van der Waals surface area contributed by atoms with E-state index < -0.39 is 17.0 Å². The largest absolute Gasteiger partial charge is 0.457 e. The van der Waals surface area contributed by atoms with Crippen molar-refractivity contribution in [1.29, 1.82) is 0 Å². The summed E-state index contributed by atoms with van der Waals surface area (Å²) < 4.78 is 30.6. The molecule has 0 spiro atoms. The van der Waals surface area contributed by atoms with Crippen LogP contribution >= 0.6 is 0 Å². The van der Waals surface area contributed by atoms with Crippen molar-refractivity contribution in [3.63, 3.8) is 0 Å². The van der Waals surface area contributed by atoms with Crippen molar-refractivity contribution in [2.24, 2.45) is 5.92 Å². The van der Waals surface area contributed by atoms with Crippen LogP contribution < -0.4 is 4.74 Å². The lowest BCUT2D eigenvalue weighted by Crippen LogP contribution is -2.49. The zero-order valence-electron chi connectivity index (χ0n) is 21.3. The number of likely N-dealkylation sites (tertiary alicyclic amines) is 1. The summed E-state index contributed by atoms with van der Waals surface area (Å²) in [6.07, 6.45) is 3.17. The smallest absolute Gasteiger partial charge is 0.410 e. The molecule has 1 heterocycles. The monoisotopic (exact) mass is 487 g/mol. The minimum absolute atomic E-state index is 0.219. The number of methoxy groups -OCH3 is 1. The van der Waals surface area contributed by atoms with E-state index in [9.17, 15) is 14.3 Å². The number of hydrogen-bond donors (Lipinski definition) is 1. The number of aliphatic hydroxyl groups is 1. The Kier molecular flexibility index (Phi) is 9.14. The van der Waals surface area contributed by atoms with Crippen LogP contribution in [-0.2, 0) is 15.1 Å². The number of unbranched alkanes of at least 4 members (excludes halogenated alkanes) is 1. The molecule has 2 aromatic carbocycles. The van der Waals surface area contributed by atoms with Crippen LogP contribution in [0.2, 0.25) is 0 Å². The molecule has 1 unspecified atom stereocenters. The lowest BCUT2D eigenvalue weighted by molar-refractivity contribution is -0.0651. The molecular formula is C28H38FNO5. The number of ether oxygens (including phenoxy) is 3. The van der Waals surface area contributed by atoms with E-state index in [-0.39, 0.29) is 12.0 Å². The van der Waals surface area contributed by atoms with E-state index in [2.05, 4.69) is 0 Å². The molecule has 0 aromatic heterocycles. The summed E-state index contributed by atoms with van der Waals surface area (Å²) in [6.45, 7) is 7.11. The van der Waals surface area contributed by atoms with E-state index >= 15 is 0 Å². The van der Waals surface area contributed by atoms with Gasteiger partial charge in [0.1, 0.15) is 22.9 Å². The minimum atomic E-state index is -1.25. The molecule has 1 aliphatic heterocycles. The molecular weight excluding hydrogens is 449 g/mol. The Labute approximate surface area is 208 Å². The molecule has 1 saturated heterocycles. The second-order valence-corrected chi connectivity index (χ2v) is 10.2. The summed E-state index contributed by atoms with van der Waals surface area (Å²) in [6, 6.07) is 13.3. The second-order valence-electron chi connectivity index (χ2n) is 10.2. The maximum absolute atomic E-state index is 13.8. The molecule has 192 valence electrons. The molecule has 6 nitrogen and oxygen atoms in total. The van der Waals surface area contributed by atoms with Gasteiger partial charge in [-0.25, -0.2) is 9.18 Å². The number of hydrogen-bond acceptors (Lipinski definition) is 5. The molecule has 1 aliphatic rings. The number of piperidine rings is 1. The van der Waals surface area contributed by atoms with Gasteiger partial charge in [-0.05, 0) is 71.1 Å². The number of amides is 1. The van der Waals surface area contributed by atoms with Gasteiger partial charge in [0.15, 0.2) is 0 Å². The van der Waals surface area contributed by atoms with Gasteiger partial charge in [-0.1, -0.05) is 24.3 Å². The molecule has 2 atom stereocenters. The third-order valence-electron chi connectivity index (χ3n) is 6.28. The number of para-hydroxylation sites is 1. The van der Waals surface area contributed by atoms with Gasteiger partial charge in [0.25, 0.3) is 0 Å². The minimum Gasteiger partial charge on any atom is -0.457 e. The highest BCUT2D eigenvalue weighted by molar-refractivity contribution is 5.68. The molecule has 7 heteroatoms. The van der Waals surface area contributed by atoms with E-state index in [0.717, 1.165) is 25.7 Å². The normalized spacial score (nSPS) is 18.1. The number of carbonyl (C=O) groups excluding carboxylic acids is 1. The van der Waals surface area contributed by atoms with Gasteiger partial charge < -0.3 is 24.2 Å². The summed E-state index contributed by atoms with van der Waals surface area (Å²) in [5, 5.41) is 12.3. The Morgan fingerprint density at radius 2 is 1.91 bits per heavy atom.